The lowest BCUT2D eigenvalue weighted by Crippen LogP contribution is -2.47. The molecule has 1 aromatic rings. The average Bonchev–Trinajstić information content (AvgIpc) is 2.05. The zero-order valence-corrected chi connectivity index (χ0v) is 8.09. The number of hydrogen-bond donors (Lipinski definition) is 1. The predicted octanol–water partition coefficient (Wildman–Crippen LogP) is 1.87. The van der Waals surface area contributed by atoms with Crippen molar-refractivity contribution in [3.8, 4) is 0 Å². The van der Waals surface area contributed by atoms with E-state index in [1.165, 1.54) is 6.07 Å². The van der Waals surface area contributed by atoms with Gasteiger partial charge in [0.05, 0.1) is 5.41 Å². The molecule has 0 unspecified atom stereocenters. The van der Waals surface area contributed by atoms with Gasteiger partial charge in [-0.3, -0.25) is 4.79 Å². The molecule has 1 aliphatic carbocycles. The highest BCUT2D eigenvalue weighted by molar-refractivity contribution is 5.87. The Morgan fingerprint density at radius 3 is 2.40 bits per heavy atom. The van der Waals surface area contributed by atoms with Crippen molar-refractivity contribution in [3.05, 3.63) is 35.4 Å². The van der Waals surface area contributed by atoms with Gasteiger partial charge in [-0.05, 0) is 18.9 Å². The van der Waals surface area contributed by atoms with Gasteiger partial charge >= 0.3 is 0 Å². The number of hydrogen-bond acceptors (Lipinski definition) is 1. The minimum atomic E-state index is -0.905. The molecule has 1 fully saturated rings. The lowest BCUT2D eigenvalue weighted by Gasteiger charge is -2.39. The molecule has 1 aliphatic rings. The molecule has 2 N–H and O–H groups in total. The summed E-state index contributed by atoms with van der Waals surface area (Å²) in [6.07, 6.45) is 1.94. The van der Waals surface area contributed by atoms with Crippen molar-refractivity contribution in [2.75, 3.05) is 0 Å². The van der Waals surface area contributed by atoms with Crippen molar-refractivity contribution in [1.82, 2.24) is 0 Å². The Balaban J connectivity index is 2.48. The van der Waals surface area contributed by atoms with Crippen molar-refractivity contribution < 1.29 is 13.6 Å². The Labute approximate surface area is 86.1 Å². The number of benzene rings is 1. The molecule has 0 spiro atoms. The number of rotatable bonds is 2. The van der Waals surface area contributed by atoms with E-state index in [2.05, 4.69) is 0 Å². The van der Waals surface area contributed by atoms with Crippen LogP contribution in [0.3, 0.4) is 0 Å². The molecule has 15 heavy (non-hydrogen) atoms. The minimum absolute atomic E-state index is 0.225. The van der Waals surface area contributed by atoms with E-state index >= 15 is 0 Å². The van der Waals surface area contributed by atoms with Gasteiger partial charge in [-0.2, -0.15) is 0 Å². The molecule has 80 valence electrons. The number of carbonyl (C=O) groups is 1. The Morgan fingerprint density at radius 2 is 2.00 bits per heavy atom. The zero-order chi connectivity index (χ0) is 11.1. The smallest absolute Gasteiger partial charge is 0.228 e. The largest absolute Gasteiger partial charge is 0.369 e. The molecule has 0 aliphatic heterocycles. The molecule has 0 atom stereocenters. The Morgan fingerprint density at radius 1 is 1.33 bits per heavy atom. The topological polar surface area (TPSA) is 43.1 Å². The van der Waals surface area contributed by atoms with Gasteiger partial charge in [0, 0.05) is 11.6 Å². The van der Waals surface area contributed by atoms with Gasteiger partial charge in [-0.1, -0.05) is 12.5 Å². The molecule has 0 bridgehead atoms. The maximum absolute atomic E-state index is 13.5. The van der Waals surface area contributed by atoms with E-state index in [-0.39, 0.29) is 5.56 Å². The number of nitrogens with two attached hydrogens (primary N) is 1. The highest BCUT2D eigenvalue weighted by atomic mass is 19.1. The molecule has 0 heterocycles. The third-order valence-electron chi connectivity index (χ3n) is 3.13. The lowest BCUT2D eigenvalue weighted by molar-refractivity contribution is -0.126. The van der Waals surface area contributed by atoms with Crippen molar-refractivity contribution in [1.29, 1.82) is 0 Å². The summed E-state index contributed by atoms with van der Waals surface area (Å²) < 4.78 is 26.2. The van der Waals surface area contributed by atoms with E-state index in [0.29, 0.717) is 12.8 Å². The van der Waals surface area contributed by atoms with Crippen molar-refractivity contribution >= 4 is 5.91 Å². The van der Waals surface area contributed by atoms with Gasteiger partial charge < -0.3 is 5.73 Å². The van der Waals surface area contributed by atoms with Crippen LogP contribution in [0, 0.1) is 11.6 Å². The fourth-order valence-corrected chi connectivity index (χ4v) is 2.06. The first kappa shape index (κ1) is 10.1. The SMILES string of the molecule is NC(=O)C1(c2ccc(F)cc2F)CCC1. The van der Waals surface area contributed by atoms with Crippen LogP contribution in [0.4, 0.5) is 8.78 Å². The maximum atomic E-state index is 13.5. The number of primary amides is 1. The highest BCUT2D eigenvalue weighted by Gasteiger charge is 2.45. The monoisotopic (exact) mass is 211 g/mol. The lowest BCUT2D eigenvalue weighted by atomic mass is 9.64. The molecule has 0 saturated heterocycles. The predicted molar refractivity (Wildman–Crippen MR) is 51.1 cm³/mol. The van der Waals surface area contributed by atoms with Crippen LogP contribution in [-0.4, -0.2) is 5.91 Å². The van der Waals surface area contributed by atoms with Gasteiger partial charge in [0.15, 0.2) is 0 Å². The summed E-state index contributed by atoms with van der Waals surface area (Å²) in [5.74, 6) is -1.86. The van der Waals surface area contributed by atoms with E-state index in [4.69, 9.17) is 5.73 Å². The van der Waals surface area contributed by atoms with Gasteiger partial charge in [-0.25, -0.2) is 8.78 Å². The van der Waals surface area contributed by atoms with Gasteiger partial charge in [0.2, 0.25) is 5.91 Å². The summed E-state index contributed by atoms with van der Waals surface area (Å²) in [5, 5.41) is 0. The first-order valence-corrected chi connectivity index (χ1v) is 4.82. The molecule has 1 amide bonds. The molecule has 0 aromatic heterocycles. The second kappa shape index (κ2) is 3.29. The van der Waals surface area contributed by atoms with Crippen molar-refractivity contribution in [2.45, 2.75) is 24.7 Å². The molecule has 4 heteroatoms. The van der Waals surface area contributed by atoms with Gasteiger partial charge in [0.1, 0.15) is 11.6 Å². The Kier molecular flexibility index (Phi) is 2.21. The van der Waals surface area contributed by atoms with Crippen LogP contribution < -0.4 is 5.73 Å². The third kappa shape index (κ3) is 1.40. The number of halogens is 2. The molecule has 2 rings (SSSR count). The van der Waals surface area contributed by atoms with E-state index in [0.717, 1.165) is 18.6 Å². The molecular formula is C11H11F2NO. The molecular weight excluding hydrogens is 200 g/mol. The van der Waals surface area contributed by atoms with E-state index in [1.807, 2.05) is 0 Å². The van der Waals surface area contributed by atoms with Crippen LogP contribution in [-0.2, 0) is 10.2 Å². The number of carbonyl (C=O) groups excluding carboxylic acids is 1. The number of amides is 1. The fraction of sp³-hybridized carbons (Fsp3) is 0.364. The normalized spacial score (nSPS) is 18.3. The van der Waals surface area contributed by atoms with Gasteiger partial charge in [-0.15, -0.1) is 0 Å². The van der Waals surface area contributed by atoms with E-state index in [1.54, 1.807) is 0 Å². The summed E-state index contributed by atoms with van der Waals surface area (Å²) in [6.45, 7) is 0. The van der Waals surface area contributed by atoms with Gasteiger partial charge in [0.25, 0.3) is 0 Å². The van der Waals surface area contributed by atoms with Crippen LogP contribution in [0.2, 0.25) is 0 Å². The van der Waals surface area contributed by atoms with Crippen molar-refractivity contribution in [2.24, 2.45) is 5.73 Å². The minimum Gasteiger partial charge on any atom is -0.369 e. The average molecular weight is 211 g/mol. The standard InChI is InChI=1S/C11H11F2NO/c12-7-2-3-8(9(13)6-7)11(10(14)15)4-1-5-11/h2-3,6H,1,4-5H2,(H2,14,15). The second-order valence-electron chi connectivity index (χ2n) is 3.92. The summed E-state index contributed by atoms with van der Waals surface area (Å²) in [4.78, 5) is 11.3. The first-order chi connectivity index (χ1) is 7.06. The maximum Gasteiger partial charge on any atom is 0.228 e. The Hall–Kier alpha value is -1.45. The summed E-state index contributed by atoms with van der Waals surface area (Å²) in [6, 6.07) is 3.26. The van der Waals surface area contributed by atoms with E-state index < -0.39 is 23.0 Å². The third-order valence-corrected chi connectivity index (χ3v) is 3.13. The molecule has 1 aromatic carbocycles. The highest BCUT2D eigenvalue weighted by Crippen LogP contribution is 2.44. The van der Waals surface area contributed by atoms with E-state index in [9.17, 15) is 13.6 Å². The Bertz CT molecular complexity index is 413. The molecule has 1 saturated carbocycles. The fourth-order valence-electron chi connectivity index (χ4n) is 2.06. The summed E-state index contributed by atoms with van der Waals surface area (Å²) >= 11 is 0. The summed E-state index contributed by atoms with van der Waals surface area (Å²) in [7, 11) is 0. The van der Waals surface area contributed by atoms with Crippen LogP contribution in [0.25, 0.3) is 0 Å². The molecule has 2 nitrogen and oxygen atoms in total. The van der Waals surface area contributed by atoms with Crippen LogP contribution in [0.5, 0.6) is 0 Å². The zero-order valence-electron chi connectivity index (χ0n) is 8.09. The quantitative estimate of drug-likeness (QED) is 0.797. The second-order valence-corrected chi connectivity index (χ2v) is 3.92. The van der Waals surface area contributed by atoms with Crippen LogP contribution in [0.1, 0.15) is 24.8 Å². The first-order valence-electron chi connectivity index (χ1n) is 4.82. The van der Waals surface area contributed by atoms with Crippen LogP contribution in [0.15, 0.2) is 18.2 Å². The van der Waals surface area contributed by atoms with Crippen LogP contribution >= 0.6 is 0 Å². The van der Waals surface area contributed by atoms with Crippen molar-refractivity contribution in [3.63, 3.8) is 0 Å². The molecule has 0 radical (unpaired) electrons. The summed E-state index contributed by atoms with van der Waals surface area (Å²) in [5.41, 5.74) is 4.59.